The monoisotopic (exact) mass is 451 g/mol. The number of benzene rings is 2. The highest BCUT2D eigenvalue weighted by Crippen LogP contribution is 2.35. The van der Waals surface area contributed by atoms with E-state index in [-0.39, 0.29) is 29.8 Å². The number of rotatable bonds is 8. The molecule has 176 valence electrons. The predicted molar refractivity (Wildman–Crippen MR) is 127 cm³/mol. The molecule has 2 fully saturated rings. The fraction of sp³-hybridized carbons (Fsp3) is 0.462. The van der Waals surface area contributed by atoms with E-state index >= 15 is 0 Å². The Balaban J connectivity index is 1.56. The number of hydrogen-bond acceptors (Lipinski definition) is 5. The van der Waals surface area contributed by atoms with E-state index in [1.54, 1.807) is 25.3 Å². The van der Waals surface area contributed by atoms with E-state index in [1.807, 2.05) is 29.2 Å². The second kappa shape index (κ2) is 10.3. The number of para-hydroxylation sites is 1. The lowest BCUT2D eigenvalue weighted by Gasteiger charge is -2.39. The van der Waals surface area contributed by atoms with Gasteiger partial charge in [-0.3, -0.25) is 9.59 Å². The zero-order valence-electron chi connectivity index (χ0n) is 19.4. The molecule has 4 rings (SSSR count). The Morgan fingerprint density at radius 2 is 1.73 bits per heavy atom. The topological polar surface area (TPSA) is 93.9 Å². The lowest BCUT2D eigenvalue weighted by atomic mass is 9.89. The van der Waals surface area contributed by atoms with Crippen molar-refractivity contribution in [2.75, 3.05) is 19.5 Å². The molecule has 0 spiro atoms. The van der Waals surface area contributed by atoms with Crippen LogP contribution in [0.3, 0.4) is 0 Å². The maximum Gasteiger partial charge on any atom is 0.255 e. The Morgan fingerprint density at radius 3 is 2.42 bits per heavy atom. The molecule has 2 atom stereocenters. The predicted octanol–water partition coefficient (Wildman–Crippen LogP) is 3.96. The highest BCUT2D eigenvalue weighted by molar-refractivity contribution is 6.05. The van der Waals surface area contributed by atoms with Crippen molar-refractivity contribution in [1.82, 2.24) is 4.90 Å². The Labute approximate surface area is 195 Å². The number of nitrogens with zero attached hydrogens (tertiary/aromatic N) is 1. The molecule has 3 N–H and O–H groups in total. The standard InChI is InChI=1S/C26H33N3O4/c1-32-23-14-13-18(15-24(23)33-2)25(30)28-21-9-5-3-7-19(21)16-29(26(31)17-11-12-17)22-10-6-4-8-20(22)27/h3,5,7,9,13-15,17,20,22H,4,6,8,10-12,16,27H2,1-2H3,(H,28,30). The van der Waals surface area contributed by atoms with Gasteiger partial charge in [0.1, 0.15) is 0 Å². The molecule has 2 aromatic carbocycles. The van der Waals surface area contributed by atoms with Crippen molar-refractivity contribution >= 4 is 17.5 Å². The number of amides is 2. The molecular weight excluding hydrogens is 418 g/mol. The maximum absolute atomic E-state index is 13.2. The number of hydrogen-bond donors (Lipinski definition) is 2. The molecule has 7 nitrogen and oxygen atoms in total. The maximum atomic E-state index is 13.2. The summed E-state index contributed by atoms with van der Waals surface area (Å²) in [6.07, 6.45) is 5.98. The van der Waals surface area contributed by atoms with Crippen LogP contribution in [-0.4, -0.2) is 43.0 Å². The van der Waals surface area contributed by atoms with E-state index < -0.39 is 0 Å². The Hall–Kier alpha value is -3.06. The lowest BCUT2D eigenvalue weighted by Crippen LogP contribution is -2.52. The fourth-order valence-corrected chi connectivity index (χ4v) is 4.59. The third-order valence-corrected chi connectivity index (χ3v) is 6.64. The first-order valence-corrected chi connectivity index (χ1v) is 11.7. The first-order valence-electron chi connectivity index (χ1n) is 11.7. The van der Waals surface area contributed by atoms with Crippen LogP contribution in [0.4, 0.5) is 5.69 Å². The average molecular weight is 452 g/mol. The zero-order valence-corrected chi connectivity index (χ0v) is 19.4. The largest absolute Gasteiger partial charge is 0.493 e. The number of anilines is 1. The summed E-state index contributed by atoms with van der Waals surface area (Å²) < 4.78 is 10.6. The van der Waals surface area contributed by atoms with Gasteiger partial charge in [-0.05, 0) is 55.5 Å². The van der Waals surface area contributed by atoms with Gasteiger partial charge in [0.2, 0.25) is 5.91 Å². The lowest BCUT2D eigenvalue weighted by molar-refractivity contribution is -0.136. The molecule has 2 unspecified atom stereocenters. The Bertz CT molecular complexity index is 1000. The van der Waals surface area contributed by atoms with Gasteiger partial charge >= 0.3 is 0 Å². The zero-order chi connectivity index (χ0) is 23.4. The molecule has 0 aliphatic heterocycles. The Kier molecular flexibility index (Phi) is 7.18. The van der Waals surface area contributed by atoms with Crippen molar-refractivity contribution in [1.29, 1.82) is 0 Å². The summed E-state index contributed by atoms with van der Waals surface area (Å²) in [5.41, 5.74) is 8.50. The minimum Gasteiger partial charge on any atom is -0.493 e. The van der Waals surface area contributed by atoms with Gasteiger partial charge in [0, 0.05) is 35.8 Å². The van der Waals surface area contributed by atoms with Crippen molar-refractivity contribution in [3.63, 3.8) is 0 Å². The second-order valence-corrected chi connectivity index (χ2v) is 8.94. The van der Waals surface area contributed by atoms with Gasteiger partial charge in [0.15, 0.2) is 11.5 Å². The molecule has 2 aliphatic carbocycles. The van der Waals surface area contributed by atoms with Crippen LogP contribution in [0.1, 0.15) is 54.4 Å². The highest BCUT2D eigenvalue weighted by Gasteiger charge is 2.39. The number of methoxy groups -OCH3 is 2. The van der Waals surface area contributed by atoms with Crippen molar-refractivity contribution < 1.29 is 19.1 Å². The van der Waals surface area contributed by atoms with Gasteiger partial charge in [-0.25, -0.2) is 0 Å². The fourth-order valence-electron chi connectivity index (χ4n) is 4.59. The van der Waals surface area contributed by atoms with Crippen molar-refractivity contribution in [2.24, 2.45) is 11.7 Å². The Morgan fingerprint density at radius 1 is 1.00 bits per heavy atom. The minimum atomic E-state index is -0.252. The number of ether oxygens (including phenoxy) is 2. The number of nitrogens with one attached hydrogen (secondary N) is 1. The van der Waals surface area contributed by atoms with Gasteiger partial charge in [-0.2, -0.15) is 0 Å². The van der Waals surface area contributed by atoms with Gasteiger partial charge < -0.3 is 25.4 Å². The molecular formula is C26H33N3O4. The van der Waals surface area contributed by atoms with Crippen LogP contribution < -0.4 is 20.5 Å². The quantitative estimate of drug-likeness (QED) is 0.634. The first kappa shape index (κ1) is 23.1. The van der Waals surface area contributed by atoms with Crippen LogP contribution in [0.25, 0.3) is 0 Å². The van der Waals surface area contributed by atoms with Gasteiger partial charge in [0.05, 0.1) is 14.2 Å². The smallest absolute Gasteiger partial charge is 0.255 e. The van der Waals surface area contributed by atoms with E-state index in [0.717, 1.165) is 44.1 Å². The molecule has 0 aromatic heterocycles. The molecule has 2 saturated carbocycles. The normalized spacial score (nSPS) is 20.1. The summed E-state index contributed by atoms with van der Waals surface area (Å²) in [5, 5.41) is 3.01. The van der Waals surface area contributed by atoms with Crippen LogP contribution in [0.2, 0.25) is 0 Å². The SMILES string of the molecule is COc1ccc(C(=O)Nc2ccccc2CN(C(=O)C2CC2)C2CCCCC2N)cc1OC. The first-order chi connectivity index (χ1) is 16.0. The van der Waals surface area contributed by atoms with Crippen molar-refractivity contribution in [3.05, 3.63) is 53.6 Å². The third-order valence-electron chi connectivity index (χ3n) is 6.64. The van der Waals surface area contributed by atoms with E-state index in [0.29, 0.717) is 29.3 Å². The van der Waals surface area contributed by atoms with Gasteiger partial charge in [-0.15, -0.1) is 0 Å². The van der Waals surface area contributed by atoms with Crippen LogP contribution in [0.15, 0.2) is 42.5 Å². The van der Waals surface area contributed by atoms with Crippen LogP contribution in [0, 0.1) is 5.92 Å². The molecule has 0 saturated heterocycles. The number of carbonyl (C=O) groups excluding carboxylic acids is 2. The third kappa shape index (κ3) is 5.30. The summed E-state index contributed by atoms with van der Waals surface area (Å²) in [5.74, 6) is 1.11. The summed E-state index contributed by atoms with van der Waals surface area (Å²) >= 11 is 0. The van der Waals surface area contributed by atoms with Gasteiger partial charge in [-0.1, -0.05) is 31.0 Å². The number of carbonyl (C=O) groups is 2. The second-order valence-electron chi connectivity index (χ2n) is 8.94. The van der Waals surface area contributed by atoms with E-state index in [1.165, 1.54) is 7.11 Å². The van der Waals surface area contributed by atoms with Crippen LogP contribution in [-0.2, 0) is 11.3 Å². The van der Waals surface area contributed by atoms with E-state index in [2.05, 4.69) is 5.32 Å². The molecule has 2 amide bonds. The van der Waals surface area contributed by atoms with Crippen LogP contribution in [0.5, 0.6) is 11.5 Å². The summed E-state index contributed by atoms with van der Waals surface area (Å²) in [4.78, 5) is 28.2. The molecule has 2 aromatic rings. The van der Waals surface area contributed by atoms with Gasteiger partial charge in [0.25, 0.3) is 5.91 Å². The summed E-state index contributed by atoms with van der Waals surface area (Å²) in [6, 6.07) is 12.7. The average Bonchev–Trinajstić information content (AvgIpc) is 3.69. The van der Waals surface area contributed by atoms with Crippen LogP contribution >= 0.6 is 0 Å². The van der Waals surface area contributed by atoms with E-state index in [4.69, 9.17) is 15.2 Å². The summed E-state index contributed by atoms with van der Waals surface area (Å²) in [7, 11) is 3.09. The minimum absolute atomic E-state index is 0.00466. The molecule has 7 heteroatoms. The molecule has 0 radical (unpaired) electrons. The molecule has 2 aliphatic rings. The summed E-state index contributed by atoms with van der Waals surface area (Å²) in [6.45, 7) is 0.441. The van der Waals surface area contributed by atoms with E-state index in [9.17, 15) is 9.59 Å². The molecule has 0 bridgehead atoms. The molecule has 33 heavy (non-hydrogen) atoms. The van der Waals surface area contributed by atoms with Crippen molar-refractivity contribution in [3.8, 4) is 11.5 Å². The number of nitrogens with two attached hydrogens (primary N) is 1. The highest BCUT2D eigenvalue weighted by atomic mass is 16.5. The molecule has 0 heterocycles. The van der Waals surface area contributed by atoms with Crippen molar-refractivity contribution in [2.45, 2.75) is 57.2 Å².